The first-order valence-electron chi connectivity index (χ1n) is 6.32. The molecule has 108 valence electrons. The number of hydrogen-bond donors (Lipinski definition) is 0. The average molecular weight is 290 g/mol. The van der Waals surface area contributed by atoms with Crippen molar-refractivity contribution in [3.8, 4) is 0 Å². The molecule has 0 atom stereocenters. The van der Waals surface area contributed by atoms with E-state index in [0.717, 1.165) is 0 Å². The maximum absolute atomic E-state index is 13.2. The van der Waals surface area contributed by atoms with Crippen LogP contribution in [0.25, 0.3) is 0 Å². The summed E-state index contributed by atoms with van der Waals surface area (Å²) in [6.07, 6.45) is -4.28. The van der Waals surface area contributed by atoms with Crippen molar-refractivity contribution in [1.29, 1.82) is 0 Å². The SMILES string of the molecule is CC(C)(C)P(c1ccccc1C(F)(F)F)C(C)(C)C. The Balaban J connectivity index is 3.50. The van der Waals surface area contributed by atoms with Crippen molar-refractivity contribution < 1.29 is 13.2 Å². The Labute approximate surface area is 115 Å². The van der Waals surface area contributed by atoms with E-state index >= 15 is 0 Å². The van der Waals surface area contributed by atoms with Crippen molar-refractivity contribution in [1.82, 2.24) is 0 Å². The van der Waals surface area contributed by atoms with Gasteiger partial charge in [0, 0.05) is 0 Å². The Morgan fingerprint density at radius 1 is 0.789 bits per heavy atom. The highest BCUT2D eigenvalue weighted by atomic mass is 31.1. The molecule has 0 aliphatic carbocycles. The number of halogens is 3. The molecule has 0 spiro atoms. The molecule has 1 rings (SSSR count). The topological polar surface area (TPSA) is 0 Å². The number of benzene rings is 1. The van der Waals surface area contributed by atoms with Crippen molar-refractivity contribution in [2.45, 2.75) is 58.0 Å². The molecule has 0 bridgehead atoms. The molecule has 0 heterocycles. The van der Waals surface area contributed by atoms with E-state index in [-0.39, 0.29) is 10.3 Å². The molecular formula is C15H22F3P. The maximum Gasteiger partial charge on any atom is 0.417 e. The summed E-state index contributed by atoms with van der Waals surface area (Å²) in [5, 5.41) is 0.120. The summed E-state index contributed by atoms with van der Waals surface area (Å²) in [5.74, 6) is 0. The lowest BCUT2D eigenvalue weighted by molar-refractivity contribution is -0.136. The first-order valence-corrected chi connectivity index (χ1v) is 7.66. The highest BCUT2D eigenvalue weighted by Crippen LogP contribution is 2.59. The molecular weight excluding hydrogens is 268 g/mol. The van der Waals surface area contributed by atoms with Crippen LogP contribution in [-0.2, 0) is 6.18 Å². The van der Waals surface area contributed by atoms with E-state index in [1.165, 1.54) is 12.1 Å². The van der Waals surface area contributed by atoms with Crippen LogP contribution in [0.2, 0.25) is 0 Å². The summed E-state index contributed by atoms with van der Waals surface area (Å²) < 4.78 is 39.6. The van der Waals surface area contributed by atoms with Gasteiger partial charge in [-0.3, -0.25) is 0 Å². The second-order valence-electron chi connectivity index (χ2n) is 6.69. The smallest absolute Gasteiger partial charge is 0.166 e. The highest BCUT2D eigenvalue weighted by Gasteiger charge is 2.42. The van der Waals surface area contributed by atoms with Crippen LogP contribution in [0.1, 0.15) is 47.1 Å². The third-order valence-electron chi connectivity index (χ3n) is 2.79. The normalized spacial score (nSPS) is 14.0. The third kappa shape index (κ3) is 3.95. The van der Waals surface area contributed by atoms with Gasteiger partial charge in [-0.1, -0.05) is 67.7 Å². The molecule has 0 fully saturated rings. The summed E-state index contributed by atoms with van der Waals surface area (Å²) in [5.41, 5.74) is -0.481. The third-order valence-corrected chi connectivity index (χ3v) is 6.35. The summed E-state index contributed by atoms with van der Waals surface area (Å²) in [6.45, 7) is 12.1. The van der Waals surface area contributed by atoms with E-state index in [4.69, 9.17) is 0 Å². The molecule has 1 aromatic rings. The summed E-state index contributed by atoms with van der Waals surface area (Å²) in [7, 11) is -0.943. The molecule has 4 heteroatoms. The lowest BCUT2D eigenvalue weighted by Gasteiger charge is -2.42. The van der Waals surface area contributed by atoms with E-state index in [1.807, 2.05) is 41.5 Å². The van der Waals surface area contributed by atoms with Gasteiger partial charge in [-0.15, -0.1) is 0 Å². The van der Waals surface area contributed by atoms with Gasteiger partial charge in [0.05, 0.1) is 5.56 Å². The first-order chi connectivity index (χ1) is 8.35. The van der Waals surface area contributed by atoms with Gasteiger partial charge in [0.2, 0.25) is 0 Å². The molecule has 0 saturated heterocycles. The van der Waals surface area contributed by atoms with Crippen LogP contribution in [0.15, 0.2) is 24.3 Å². The number of hydrogen-bond acceptors (Lipinski definition) is 0. The van der Waals surface area contributed by atoms with E-state index in [2.05, 4.69) is 0 Å². The summed E-state index contributed by atoms with van der Waals surface area (Å²) >= 11 is 0. The zero-order chi connectivity index (χ0) is 15.1. The molecule has 0 N–H and O–H groups in total. The van der Waals surface area contributed by atoms with Gasteiger partial charge in [0.15, 0.2) is 0 Å². The Kier molecular flexibility index (Phi) is 4.42. The van der Waals surface area contributed by atoms with E-state index < -0.39 is 19.7 Å². The maximum atomic E-state index is 13.2. The molecule has 19 heavy (non-hydrogen) atoms. The minimum absolute atomic E-state index is 0.172. The van der Waals surface area contributed by atoms with Crippen LogP contribution < -0.4 is 5.30 Å². The molecule has 0 radical (unpaired) electrons. The molecule has 0 aliphatic rings. The Morgan fingerprint density at radius 2 is 1.21 bits per heavy atom. The molecule has 0 nitrogen and oxygen atoms in total. The molecule has 0 aromatic heterocycles. The molecule has 0 aliphatic heterocycles. The standard InChI is InChI=1S/C15H22F3P/c1-13(2,3)19(14(4,5)6)12-10-8-7-9-11(12)15(16,17)18/h7-10H,1-6H3. The van der Waals surface area contributed by atoms with Gasteiger partial charge >= 0.3 is 6.18 Å². The van der Waals surface area contributed by atoms with Crippen LogP contribution in [0, 0.1) is 0 Å². The first kappa shape index (κ1) is 16.5. The van der Waals surface area contributed by atoms with Crippen LogP contribution in [0.5, 0.6) is 0 Å². The fourth-order valence-corrected chi connectivity index (χ4v) is 6.77. The van der Waals surface area contributed by atoms with E-state index in [0.29, 0.717) is 5.30 Å². The largest absolute Gasteiger partial charge is 0.417 e. The fraction of sp³-hybridized carbons (Fsp3) is 0.600. The minimum Gasteiger partial charge on any atom is -0.166 e. The zero-order valence-corrected chi connectivity index (χ0v) is 13.3. The zero-order valence-electron chi connectivity index (χ0n) is 12.4. The van der Waals surface area contributed by atoms with Crippen molar-refractivity contribution in [2.75, 3.05) is 0 Å². The Morgan fingerprint density at radius 3 is 1.58 bits per heavy atom. The van der Waals surface area contributed by atoms with Gasteiger partial charge in [-0.25, -0.2) is 0 Å². The highest BCUT2D eigenvalue weighted by molar-refractivity contribution is 7.68. The Hall–Kier alpha value is -0.560. The monoisotopic (exact) mass is 290 g/mol. The van der Waals surface area contributed by atoms with Gasteiger partial charge in [-0.2, -0.15) is 13.2 Å². The van der Waals surface area contributed by atoms with Crippen molar-refractivity contribution in [3.05, 3.63) is 29.8 Å². The molecule has 0 unspecified atom stereocenters. The second-order valence-corrected chi connectivity index (χ2v) is 10.5. The van der Waals surface area contributed by atoms with Crippen LogP contribution in [0.3, 0.4) is 0 Å². The van der Waals surface area contributed by atoms with Crippen molar-refractivity contribution in [2.24, 2.45) is 0 Å². The van der Waals surface area contributed by atoms with Crippen LogP contribution in [0.4, 0.5) is 13.2 Å². The van der Waals surface area contributed by atoms with Gasteiger partial charge < -0.3 is 0 Å². The Bertz CT molecular complexity index is 422. The number of alkyl halides is 3. The van der Waals surface area contributed by atoms with Gasteiger partial charge in [-0.05, 0) is 21.7 Å². The summed E-state index contributed by atoms with van der Waals surface area (Å²) in [6, 6.07) is 6.01. The molecule has 1 aromatic carbocycles. The lowest BCUT2D eigenvalue weighted by Crippen LogP contribution is -2.34. The van der Waals surface area contributed by atoms with Crippen molar-refractivity contribution in [3.63, 3.8) is 0 Å². The molecule has 0 amide bonds. The molecule has 0 saturated carbocycles. The van der Waals surface area contributed by atoms with Crippen LogP contribution in [-0.4, -0.2) is 10.3 Å². The lowest BCUT2D eigenvalue weighted by atomic mass is 10.2. The average Bonchev–Trinajstić information content (AvgIpc) is 2.11. The number of rotatable bonds is 1. The van der Waals surface area contributed by atoms with Gasteiger partial charge in [0.25, 0.3) is 0 Å². The van der Waals surface area contributed by atoms with E-state index in [1.54, 1.807) is 12.1 Å². The second kappa shape index (κ2) is 5.09. The van der Waals surface area contributed by atoms with Crippen LogP contribution >= 0.6 is 7.92 Å². The quantitative estimate of drug-likeness (QED) is 0.607. The van der Waals surface area contributed by atoms with E-state index in [9.17, 15) is 13.2 Å². The van der Waals surface area contributed by atoms with Crippen molar-refractivity contribution >= 4 is 13.2 Å². The predicted octanol–water partition coefficient (Wildman–Crippen LogP) is 5.41. The van der Waals surface area contributed by atoms with Gasteiger partial charge in [0.1, 0.15) is 0 Å². The summed E-state index contributed by atoms with van der Waals surface area (Å²) in [4.78, 5) is 0. The predicted molar refractivity (Wildman–Crippen MR) is 77.5 cm³/mol. The fourth-order valence-electron chi connectivity index (χ4n) is 2.64. The minimum atomic E-state index is -4.28.